The molecule has 1 heterocycles. The molecule has 4 nitrogen and oxygen atoms in total. The molecule has 5 heteroatoms. The van der Waals surface area contributed by atoms with E-state index in [0.29, 0.717) is 29.9 Å². The maximum Gasteiger partial charge on any atom is 0.188 e. The van der Waals surface area contributed by atoms with E-state index in [2.05, 4.69) is 5.10 Å². The number of benzene rings is 1. The maximum atomic E-state index is 14.5. The first-order valence-electron chi connectivity index (χ1n) is 6.98. The second-order valence-corrected chi connectivity index (χ2v) is 5.80. The molecule has 1 aromatic carbocycles. The topological polar surface area (TPSA) is 44.1 Å². The first-order chi connectivity index (χ1) is 10.0. The van der Waals surface area contributed by atoms with E-state index in [1.54, 1.807) is 18.7 Å². The largest absolute Gasteiger partial charge is 0.497 e. The van der Waals surface area contributed by atoms with Crippen LogP contribution in [0.4, 0.5) is 4.39 Å². The summed E-state index contributed by atoms with van der Waals surface area (Å²) < 4.78 is 21.3. The van der Waals surface area contributed by atoms with Gasteiger partial charge in [-0.3, -0.25) is 9.48 Å². The van der Waals surface area contributed by atoms with Crippen LogP contribution in [0.1, 0.15) is 33.7 Å². The van der Waals surface area contributed by atoms with Crippen LogP contribution in [-0.2, 0) is 12.2 Å². The molecule has 2 atom stereocenters. The molecule has 0 radical (unpaired) electrons. The maximum absolute atomic E-state index is 14.5. The van der Waals surface area contributed by atoms with Crippen molar-refractivity contribution in [2.75, 3.05) is 7.11 Å². The summed E-state index contributed by atoms with van der Waals surface area (Å²) >= 11 is 0. The molecular weight excluding hydrogens is 271 g/mol. The van der Waals surface area contributed by atoms with Crippen molar-refractivity contribution < 1.29 is 13.9 Å². The monoisotopic (exact) mass is 286 g/mol. The number of Topliss-reactive ketones (excluding diaryl/α,β-unsaturated/α-hetero) is 1. The minimum absolute atomic E-state index is 0.0957. The molecule has 0 amide bonds. The van der Waals surface area contributed by atoms with Crippen LogP contribution in [-0.4, -0.2) is 22.7 Å². The molecule has 108 valence electrons. The Morgan fingerprint density at radius 3 is 2.81 bits per heavy atom. The molecule has 2 unspecified atom stereocenters. The van der Waals surface area contributed by atoms with Crippen molar-refractivity contribution in [2.45, 2.75) is 25.6 Å². The molecule has 4 rings (SSSR count). The van der Waals surface area contributed by atoms with E-state index < -0.39 is 11.6 Å². The van der Waals surface area contributed by atoms with Crippen LogP contribution in [0, 0.1) is 12.8 Å². The normalized spacial score (nSPS) is 25.7. The van der Waals surface area contributed by atoms with Gasteiger partial charge in [0.15, 0.2) is 11.5 Å². The summed E-state index contributed by atoms with van der Waals surface area (Å²) in [6.07, 6.45) is 0.327. The summed E-state index contributed by atoms with van der Waals surface area (Å²) in [4.78, 5) is 12.2. The summed E-state index contributed by atoms with van der Waals surface area (Å²) in [5, 5.41) is 4.37. The van der Waals surface area contributed by atoms with Gasteiger partial charge in [0.2, 0.25) is 0 Å². The Balaban J connectivity index is 1.71. The fourth-order valence-electron chi connectivity index (χ4n) is 3.33. The third-order valence-electron chi connectivity index (χ3n) is 4.48. The Bertz CT molecular complexity index is 750. The van der Waals surface area contributed by atoms with Gasteiger partial charge >= 0.3 is 0 Å². The van der Waals surface area contributed by atoms with Crippen LogP contribution in [0.25, 0.3) is 0 Å². The molecule has 2 aliphatic rings. The number of aryl methyl sites for hydroxylation is 1. The second-order valence-electron chi connectivity index (χ2n) is 5.80. The molecule has 21 heavy (non-hydrogen) atoms. The predicted molar refractivity (Wildman–Crippen MR) is 74.3 cm³/mol. The number of rotatable bonds is 3. The van der Waals surface area contributed by atoms with E-state index in [1.165, 1.54) is 0 Å². The van der Waals surface area contributed by atoms with Gasteiger partial charge in [0.05, 0.1) is 25.3 Å². The zero-order valence-corrected chi connectivity index (χ0v) is 11.9. The first kappa shape index (κ1) is 12.6. The zero-order valence-electron chi connectivity index (χ0n) is 11.9. The summed E-state index contributed by atoms with van der Waals surface area (Å²) in [6, 6.07) is 7.57. The summed E-state index contributed by atoms with van der Waals surface area (Å²) in [6.45, 7) is 2.24. The van der Waals surface area contributed by atoms with Crippen LogP contribution in [0.5, 0.6) is 5.75 Å². The van der Waals surface area contributed by atoms with Gasteiger partial charge in [0, 0.05) is 12.0 Å². The predicted octanol–water partition coefficient (Wildman–Crippen LogP) is 2.63. The standard InChI is InChI=1S/C16H15FN2O2/c1-9-13-14(15(20)12-7-16(12,13)17)19(18-9)8-10-3-5-11(21-2)6-4-10/h3-6,12H,7-8H2,1-2H3. The minimum Gasteiger partial charge on any atom is -0.497 e. The summed E-state index contributed by atoms with van der Waals surface area (Å²) in [5.41, 5.74) is 1.18. The van der Waals surface area contributed by atoms with E-state index in [0.717, 1.165) is 11.3 Å². The average Bonchev–Trinajstić information content (AvgIpc) is 2.97. The number of ketones is 1. The molecule has 0 spiro atoms. The van der Waals surface area contributed by atoms with Crippen LogP contribution < -0.4 is 4.74 Å². The van der Waals surface area contributed by atoms with Crippen molar-refractivity contribution in [3.63, 3.8) is 0 Å². The van der Waals surface area contributed by atoms with Crippen molar-refractivity contribution >= 4 is 5.78 Å². The number of fused-ring (bicyclic) bond motifs is 3. The van der Waals surface area contributed by atoms with Gasteiger partial charge in [0.25, 0.3) is 0 Å². The second kappa shape index (κ2) is 3.93. The molecule has 1 aromatic heterocycles. The number of methoxy groups -OCH3 is 1. The highest BCUT2D eigenvalue weighted by molar-refractivity contribution is 6.05. The molecule has 0 saturated heterocycles. The van der Waals surface area contributed by atoms with E-state index in [4.69, 9.17) is 4.74 Å². The lowest BCUT2D eigenvalue weighted by Gasteiger charge is -2.07. The highest BCUT2D eigenvalue weighted by atomic mass is 19.1. The highest BCUT2D eigenvalue weighted by Crippen LogP contribution is 2.63. The van der Waals surface area contributed by atoms with Crippen molar-refractivity contribution in [3.05, 3.63) is 46.8 Å². The zero-order chi connectivity index (χ0) is 14.8. The Hall–Kier alpha value is -2.17. The van der Waals surface area contributed by atoms with E-state index in [1.807, 2.05) is 24.3 Å². The molecule has 1 fully saturated rings. The molecule has 1 saturated carbocycles. The molecule has 0 bridgehead atoms. The lowest BCUT2D eigenvalue weighted by molar-refractivity contribution is 0.0949. The van der Waals surface area contributed by atoms with Gasteiger partial charge in [-0.25, -0.2) is 4.39 Å². The van der Waals surface area contributed by atoms with Crippen molar-refractivity contribution in [3.8, 4) is 5.75 Å². The van der Waals surface area contributed by atoms with Crippen molar-refractivity contribution in [1.82, 2.24) is 9.78 Å². The van der Waals surface area contributed by atoms with E-state index in [-0.39, 0.29) is 5.78 Å². The van der Waals surface area contributed by atoms with Crippen LogP contribution in [0.2, 0.25) is 0 Å². The number of aromatic nitrogens is 2. The van der Waals surface area contributed by atoms with Crippen LogP contribution in [0.3, 0.4) is 0 Å². The molecule has 0 N–H and O–H groups in total. The van der Waals surface area contributed by atoms with Gasteiger partial charge < -0.3 is 4.74 Å². The quantitative estimate of drug-likeness (QED) is 0.871. The third kappa shape index (κ3) is 1.60. The summed E-state index contributed by atoms with van der Waals surface area (Å²) in [7, 11) is 1.62. The lowest BCUT2D eigenvalue weighted by atomic mass is 10.1. The van der Waals surface area contributed by atoms with E-state index in [9.17, 15) is 9.18 Å². The van der Waals surface area contributed by atoms with Crippen LogP contribution in [0.15, 0.2) is 24.3 Å². The first-order valence-corrected chi connectivity index (χ1v) is 6.98. The Morgan fingerprint density at radius 1 is 1.43 bits per heavy atom. The number of hydrogen-bond acceptors (Lipinski definition) is 3. The van der Waals surface area contributed by atoms with Crippen molar-refractivity contribution in [2.24, 2.45) is 5.92 Å². The number of ether oxygens (including phenoxy) is 1. The average molecular weight is 286 g/mol. The molecule has 2 aromatic rings. The molecule has 0 aliphatic heterocycles. The number of carbonyl (C=O) groups is 1. The molecule has 2 aliphatic carbocycles. The fourth-order valence-corrected chi connectivity index (χ4v) is 3.33. The third-order valence-corrected chi connectivity index (χ3v) is 4.48. The smallest absolute Gasteiger partial charge is 0.188 e. The number of alkyl halides is 1. The number of hydrogen-bond donors (Lipinski definition) is 0. The van der Waals surface area contributed by atoms with Gasteiger partial charge in [-0.2, -0.15) is 5.10 Å². The Labute approximate surface area is 121 Å². The molecular formula is C16H15FN2O2. The highest BCUT2D eigenvalue weighted by Gasteiger charge is 2.69. The number of nitrogens with zero attached hydrogens (tertiary/aromatic N) is 2. The summed E-state index contributed by atoms with van der Waals surface area (Å²) in [5.74, 6) is 0.216. The number of carbonyl (C=O) groups excluding carboxylic acids is 1. The lowest BCUT2D eigenvalue weighted by Crippen LogP contribution is -2.11. The SMILES string of the molecule is COc1ccc(Cn2nc(C)c3c2C(=O)C2CC32F)cc1. The number of halogens is 1. The Morgan fingerprint density at radius 2 is 2.14 bits per heavy atom. The fraction of sp³-hybridized carbons (Fsp3) is 0.375. The van der Waals surface area contributed by atoms with Gasteiger partial charge in [-0.1, -0.05) is 12.1 Å². The van der Waals surface area contributed by atoms with Gasteiger partial charge in [-0.15, -0.1) is 0 Å². The minimum atomic E-state index is -1.44. The van der Waals surface area contributed by atoms with Gasteiger partial charge in [-0.05, 0) is 24.6 Å². The van der Waals surface area contributed by atoms with Crippen LogP contribution >= 0.6 is 0 Å². The van der Waals surface area contributed by atoms with Gasteiger partial charge in [0.1, 0.15) is 11.4 Å². The van der Waals surface area contributed by atoms with E-state index >= 15 is 0 Å². The van der Waals surface area contributed by atoms with Crippen molar-refractivity contribution in [1.29, 1.82) is 0 Å². The Kier molecular flexibility index (Phi) is 2.35.